The summed E-state index contributed by atoms with van der Waals surface area (Å²) in [6.45, 7) is 13.5. The highest BCUT2D eigenvalue weighted by Gasteiger charge is 2.33. The standard InChI is InChI=1S/C28H35N11O/c1-7-38-16(2)14-37(15-17(38)3)24-12-20(10-11-29-24)26-22-13-21(8-9-23(22)31-32-26)30-27(40)25-18(4)36(6)28-33-34-35-39(28)19(25)5/h8-13,16-17,19H,7,14-15H2,1-6H3,(H,30,40)(H,31,32)/t16-,17+,19-/m1/s1. The molecule has 0 saturated carbocycles. The van der Waals surface area contributed by atoms with Crippen molar-refractivity contribution in [2.75, 3.05) is 41.8 Å². The van der Waals surface area contributed by atoms with Crippen LogP contribution in [0.15, 0.2) is 47.8 Å². The first-order chi connectivity index (χ1) is 19.3. The van der Waals surface area contributed by atoms with Gasteiger partial charge in [-0.15, -0.1) is 0 Å². The molecular formula is C28H35N11O. The summed E-state index contributed by atoms with van der Waals surface area (Å²) in [4.78, 5) is 24.9. The van der Waals surface area contributed by atoms with Crippen molar-refractivity contribution in [1.82, 2.24) is 40.3 Å². The predicted octanol–water partition coefficient (Wildman–Crippen LogP) is 3.45. The van der Waals surface area contributed by atoms with Crippen LogP contribution in [0.3, 0.4) is 0 Å². The fourth-order valence-corrected chi connectivity index (χ4v) is 6.19. The van der Waals surface area contributed by atoms with Gasteiger partial charge in [0.15, 0.2) is 0 Å². The molecule has 1 saturated heterocycles. The highest BCUT2D eigenvalue weighted by molar-refractivity contribution is 6.07. The minimum Gasteiger partial charge on any atom is -0.353 e. The average molecular weight is 542 g/mol. The minimum absolute atomic E-state index is 0.192. The molecule has 40 heavy (non-hydrogen) atoms. The number of rotatable bonds is 5. The van der Waals surface area contributed by atoms with Crippen LogP contribution in [0.5, 0.6) is 0 Å². The number of carbonyl (C=O) groups excluding carboxylic acids is 1. The summed E-state index contributed by atoms with van der Waals surface area (Å²) in [6.07, 6.45) is 1.85. The molecule has 2 N–H and O–H groups in total. The number of hydrogen-bond donors (Lipinski definition) is 2. The molecule has 0 unspecified atom stereocenters. The lowest BCUT2D eigenvalue weighted by atomic mass is 10.0. The van der Waals surface area contributed by atoms with Gasteiger partial charge >= 0.3 is 0 Å². The SMILES string of the molecule is CCN1[C@H](C)CN(c2cc(-c3n[nH]c4ccc(NC(=O)C5=C(C)N(C)c6nnnn6[C@@H]5C)cc34)ccn2)C[C@@H]1C. The lowest BCUT2D eigenvalue weighted by molar-refractivity contribution is -0.113. The molecule has 0 aliphatic carbocycles. The lowest BCUT2D eigenvalue weighted by Crippen LogP contribution is -2.56. The number of carbonyl (C=O) groups is 1. The normalized spacial score (nSPS) is 21.7. The zero-order valence-corrected chi connectivity index (χ0v) is 23.8. The Kier molecular flexibility index (Phi) is 6.49. The van der Waals surface area contributed by atoms with Crippen LogP contribution in [0, 0.1) is 0 Å². The molecule has 1 aromatic carbocycles. The van der Waals surface area contributed by atoms with Crippen LogP contribution in [0.25, 0.3) is 22.2 Å². The number of piperazine rings is 1. The largest absolute Gasteiger partial charge is 0.353 e. The maximum atomic E-state index is 13.5. The van der Waals surface area contributed by atoms with Crippen molar-refractivity contribution < 1.29 is 4.79 Å². The number of anilines is 3. The third-order valence-electron chi connectivity index (χ3n) is 8.33. The van der Waals surface area contributed by atoms with E-state index in [0.717, 1.165) is 53.3 Å². The maximum Gasteiger partial charge on any atom is 0.255 e. The molecule has 3 atom stereocenters. The number of fused-ring (bicyclic) bond motifs is 2. The Hall–Kier alpha value is -4.32. The number of pyridine rings is 1. The Morgan fingerprint density at radius 3 is 2.65 bits per heavy atom. The quantitative estimate of drug-likeness (QED) is 0.391. The number of nitrogens with zero attached hydrogens (tertiary/aromatic N) is 9. The minimum atomic E-state index is -0.297. The molecule has 12 heteroatoms. The summed E-state index contributed by atoms with van der Waals surface area (Å²) in [5.74, 6) is 1.37. The summed E-state index contributed by atoms with van der Waals surface area (Å²) in [5.41, 5.74) is 4.80. The molecule has 0 spiro atoms. The van der Waals surface area contributed by atoms with Gasteiger partial charge in [0.1, 0.15) is 11.5 Å². The van der Waals surface area contributed by atoms with Gasteiger partial charge in [0.2, 0.25) is 5.95 Å². The smallest absolute Gasteiger partial charge is 0.255 e. The van der Waals surface area contributed by atoms with Crippen LogP contribution in [0.4, 0.5) is 17.5 Å². The van der Waals surface area contributed by atoms with E-state index in [1.807, 2.05) is 56.3 Å². The van der Waals surface area contributed by atoms with Crippen LogP contribution >= 0.6 is 0 Å². The van der Waals surface area contributed by atoms with Crippen LogP contribution in [-0.4, -0.2) is 85.0 Å². The van der Waals surface area contributed by atoms with Crippen LogP contribution in [0.2, 0.25) is 0 Å². The van der Waals surface area contributed by atoms with Gasteiger partial charge in [-0.2, -0.15) is 5.10 Å². The molecule has 208 valence electrons. The molecule has 0 radical (unpaired) electrons. The van der Waals surface area contributed by atoms with E-state index in [9.17, 15) is 4.79 Å². The molecule has 6 rings (SSSR count). The van der Waals surface area contributed by atoms with E-state index in [-0.39, 0.29) is 11.9 Å². The van der Waals surface area contributed by atoms with Crippen molar-refractivity contribution in [1.29, 1.82) is 0 Å². The van der Waals surface area contributed by atoms with Gasteiger partial charge in [-0.1, -0.05) is 12.0 Å². The Morgan fingerprint density at radius 2 is 1.90 bits per heavy atom. The monoisotopic (exact) mass is 541 g/mol. The lowest BCUT2D eigenvalue weighted by Gasteiger charge is -2.44. The Balaban J connectivity index is 1.27. The van der Waals surface area contributed by atoms with Gasteiger partial charge in [-0.05, 0) is 75.0 Å². The van der Waals surface area contributed by atoms with Crippen molar-refractivity contribution >= 4 is 34.3 Å². The molecule has 12 nitrogen and oxygen atoms in total. The van der Waals surface area contributed by atoms with Gasteiger partial charge in [0.05, 0.1) is 17.1 Å². The van der Waals surface area contributed by atoms with E-state index in [4.69, 9.17) is 4.98 Å². The number of amides is 1. The average Bonchev–Trinajstić information content (AvgIpc) is 3.60. The zero-order chi connectivity index (χ0) is 28.1. The van der Waals surface area contributed by atoms with E-state index < -0.39 is 0 Å². The first-order valence-corrected chi connectivity index (χ1v) is 13.8. The molecular weight excluding hydrogens is 506 g/mol. The second-order valence-corrected chi connectivity index (χ2v) is 10.8. The Labute approximate surface area is 233 Å². The molecule has 5 heterocycles. The fraction of sp³-hybridized carbons (Fsp3) is 0.429. The van der Waals surface area contributed by atoms with Crippen molar-refractivity contribution in [2.24, 2.45) is 0 Å². The van der Waals surface area contributed by atoms with E-state index in [2.05, 4.69) is 67.7 Å². The second-order valence-electron chi connectivity index (χ2n) is 10.8. The summed E-state index contributed by atoms with van der Waals surface area (Å²) < 4.78 is 1.66. The highest BCUT2D eigenvalue weighted by Crippen LogP contribution is 2.34. The summed E-state index contributed by atoms with van der Waals surface area (Å²) in [6, 6.07) is 10.5. The molecule has 2 aliphatic heterocycles. The van der Waals surface area contributed by atoms with Crippen LogP contribution in [0.1, 0.15) is 40.7 Å². The number of aromatic amines is 1. The van der Waals surface area contributed by atoms with E-state index in [1.54, 1.807) is 4.68 Å². The van der Waals surface area contributed by atoms with Gasteiger partial charge < -0.3 is 15.1 Å². The molecule has 1 fully saturated rings. The summed E-state index contributed by atoms with van der Waals surface area (Å²) in [7, 11) is 1.86. The van der Waals surface area contributed by atoms with Crippen molar-refractivity contribution in [3.05, 3.63) is 47.8 Å². The van der Waals surface area contributed by atoms with Gasteiger partial charge in [-0.25, -0.2) is 9.67 Å². The number of tetrazole rings is 1. The predicted molar refractivity (Wildman–Crippen MR) is 155 cm³/mol. The number of benzene rings is 1. The fourth-order valence-electron chi connectivity index (χ4n) is 6.19. The first kappa shape index (κ1) is 25.9. The Morgan fingerprint density at radius 1 is 1.12 bits per heavy atom. The highest BCUT2D eigenvalue weighted by atomic mass is 16.1. The molecule has 2 aliphatic rings. The van der Waals surface area contributed by atoms with Gasteiger partial charge in [-0.3, -0.25) is 14.8 Å². The topological polar surface area (TPSA) is 124 Å². The molecule has 3 aromatic heterocycles. The van der Waals surface area contributed by atoms with E-state index >= 15 is 0 Å². The number of likely N-dealkylation sites (N-methyl/N-ethyl adjacent to an activating group) is 1. The Bertz CT molecular complexity index is 1590. The zero-order valence-electron chi connectivity index (χ0n) is 23.8. The molecule has 1 amide bonds. The first-order valence-electron chi connectivity index (χ1n) is 13.8. The third kappa shape index (κ3) is 4.28. The van der Waals surface area contributed by atoms with Crippen molar-refractivity contribution in [3.63, 3.8) is 0 Å². The van der Waals surface area contributed by atoms with Crippen LogP contribution in [-0.2, 0) is 4.79 Å². The summed E-state index contributed by atoms with van der Waals surface area (Å²) >= 11 is 0. The van der Waals surface area contributed by atoms with E-state index in [0.29, 0.717) is 29.3 Å². The summed E-state index contributed by atoms with van der Waals surface area (Å²) in [5, 5.41) is 23.7. The van der Waals surface area contributed by atoms with Crippen molar-refractivity contribution in [2.45, 2.75) is 52.7 Å². The van der Waals surface area contributed by atoms with Gasteiger partial charge in [0.25, 0.3) is 5.91 Å². The van der Waals surface area contributed by atoms with Crippen LogP contribution < -0.4 is 15.1 Å². The number of allylic oxidation sites excluding steroid dienone is 1. The molecule has 4 aromatic rings. The maximum absolute atomic E-state index is 13.5. The second kappa shape index (κ2) is 10.0. The third-order valence-corrected chi connectivity index (χ3v) is 8.33. The number of aromatic nitrogens is 7. The van der Waals surface area contributed by atoms with E-state index in [1.165, 1.54) is 0 Å². The number of H-pyrrole nitrogens is 1. The molecule has 0 bridgehead atoms. The number of hydrogen-bond acceptors (Lipinski definition) is 9. The number of nitrogens with one attached hydrogen (secondary N) is 2. The van der Waals surface area contributed by atoms with Gasteiger partial charge in [0, 0.05) is 60.8 Å². The van der Waals surface area contributed by atoms with Crippen molar-refractivity contribution in [3.8, 4) is 11.3 Å².